The van der Waals surface area contributed by atoms with Crippen LogP contribution in [0.2, 0.25) is 0 Å². The molecule has 4 rings (SSSR count). The van der Waals surface area contributed by atoms with Crippen molar-refractivity contribution in [3.8, 4) is 11.5 Å². The molecular weight excluding hydrogens is 471 g/mol. The van der Waals surface area contributed by atoms with E-state index in [0.717, 1.165) is 42.5 Å². The second-order valence-corrected chi connectivity index (χ2v) is 10.1. The molecule has 3 heteroatoms. The molecule has 2 aliphatic carbocycles. The minimum Gasteiger partial charge on any atom is -0.493 e. The van der Waals surface area contributed by atoms with E-state index in [0.29, 0.717) is 0 Å². The predicted octanol–water partition coefficient (Wildman–Crippen LogP) is 7.92. The molecule has 0 radical (unpaired) electrons. The van der Waals surface area contributed by atoms with E-state index in [-0.39, 0.29) is 0 Å². The van der Waals surface area contributed by atoms with Gasteiger partial charge in [-0.3, -0.25) is 0 Å². The van der Waals surface area contributed by atoms with E-state index in [1.54, 1.807) is 0 Å². The molecule has 29 heavy (non-hydrogen) atoms. The SMILES string of the molecule is CC(C)C.Cc1cccc(OCC2CCC2)c1.Ic1cccc(OCC2CC2)c1. The van der Waals surface area contributed by atoms with Crippen LogP contribution in [0.1, 0.15) is 58.4 Å². The van der Waals surface area contributed by atoms with Crippen LogP contribution < -0.4 is 9.47 Å². The van der Waals surface area contributed by atoms with Crippen LogP contribution in [-0.2, 0) is 0 Å². The standard InChI is InChI=1S/C12H16O.C10H11IO.C4H10/c1-10-4-2-7-12(8-10)13-9-11-5-3-6-11;11-9-2-1-3-10(6-9)12-7-8-4-5-8;1-4(2)3/h2,4,7-8,11H,3,5-6,9H2,1H3;1-3,6,8H,4-5,7H2;4H,1-3H3. The van der Waals surface area contributed by atoms with Gasteiger partial charge in [-0.2, -0.15) is 0 Å². The second kappa shape index (κ2) is 13.1. The van der Waals surface area contributed by atoms with E-state index in [9.17, 15) is 0 Å². The molecule has 0 N–H and O–H groups in total. The Labute approximate surface area is 191 Å². The zero-order valence-electron chi connectivity index (χ0n) is 18.5. The average Bonchev–Trinajstić information content (AvgIpc) is 3.43. The van der Waals surface area contributed by atoms with E-state index < -0.39 is 0 Å². The minimum absolute atomic E-state index is 0.820. The number of halogens is 1. The molecule has 0 aromatic heterocycles. The lowest BCUT2D eigenvalue weighted by Crippen LogP contribution is -2.19. The van der Waals surface area contributed by atoms with E-state index in [1.165, 1.54) is 41.2 Å². The van der Waals surface area contributed by atoms with Crippen LogP contribution >= 0.6 is 22.6 Å². The van der Waals surface area contributed by atoms with Gasteiger partial charge in [0.1, 0.15) is 11.5 Å². The Balaban J connectivity index is 0.000000176. The van der Waals surface area contributed by atoms with Crippen LogP contribution in [0.5, 0.6) is 11.5 Å². The molecule has 0 spiro atoms. The minimum atomic E-state index is 0.820. The number of hydrogen-bond acceptors (Lipinski definition) is 2. The quantitative estimate of drug-likeness (QED) is 0.369. The maximum absolute atomic E-state index is 5.69. The fourth-order valence-electron chi connectivity index (χ4n) is 2.63. The molecule has 2 saturated carbocycles. The van der Waals surface area contributed by atoms with Crippen molar-refractivity contribution >= 4 is 22.6 Å². The number of aryl methyl sites for hydroxylation is 1. The highest BCUT2D eigenvalue weighted by Gasteiger charge is 2.21. The lowest BCUT2D eigenvalue weighted by atomic mass is 9.86. The maximum atomic E-state index is 5.69. The summed E-state index contributed by atoms with van der Waals surface area (Å²) in [6, 6.07) is 16.5. The zero-order chi connectivity index (χ0) is 21.1. The van der Waals surface area contributed by atoms with Crippen molar-refractivity contribution in [3.63, 3.8) is 0 Å². The first-order valence-electron chi connectivity index (χ1n) is 11.0. The Morgan fingerprint density at radius 2 is 1.34 bits per heavy atom. The third-order valence-corrected chi connectivity index (χ3v) is 5.35. The molecule has 0 atom stereocenters. The third kappa shape index (κ3) is 11.5. The summed E-state index contributed by atoms with van der Waals surface area (Å²) in [5.74, 6) is 4.52. The van der Waals surface area contributed by atoms with Crippen LogP contribution in [0, 0.1) is 28.2 Å². The van der Waals surface area contributed by atoms with Crippen LogP contribution in [0.4, 0.5) is 0 Å². The van der Waals surface area contributed by atoms with Gasteiger partial charge >= 0.3 is 0 Å². The molecule has 2 fully saturated rings. The highest BCUT2D eigenvalue weighted by Crippen LogP contribution is 2.29. The highest BCUT2D eigenvalue weighted by molar-refractivity contribution is 14.1. The maximum Gasteiger partial charge on any atom is 0.120 e. The lowest BCUT2D eigenvalue weighted by molar-refractivity contribution is 0.180. The molecule has 2 nitrogen and oxygen atoms in total. The zero-order valence-corrected chi connectivity index (χ0v) is 20.7. The lowest BCUT2D eigenvalue weighted by Gasteiger charge is -2.25. The van der Waals surface area contributed by atoms with Crippen LogP contribution in [0.25, 0.3) is 0 Å². The van der Waals surface area contributed by atoms with Crippen molar-refractivity contribution in [2.45, 2.75) is 59.8 Å². The van der Waals surface area contributed by atoms with Gasteiger partial charge < -0.3 is 9.47 Å². The van der Waals surface area contributed by atoms with Crippen molar-refractivity contribution in [1.29, 1.82) is 0 Å². The molecule has 160 valence electrons. The third-order valence-electron chi connectivity index (χ3n) is 4.68. The van der Waals surface area contributed by atoms with Gasteiger partial charge in [-0.15, -0.1) is 0 Å². The van der Waals surface area contributed by atoms with Gasteiger partial charge in [0.05, 0.1) is 13.2 Å². The van der Waals surface area contributed by atoms with Gasteiger partial charge in [-0.05, 0) is 109 Å². The predicted molar refractivity (Wildman–Crippen MR) is 132 cm³/mol. The molecule has 0 saturated heterocycles. The van der Waals surface area contributed by atoms with Gasteiger partial charge in [-0.1, -0.05) is 45.4 Å². The van der Waals surface area contributed by atoms with Crippen LogP contribution in [0.3, 0.4) is 0 Å². The van der Waals surface area contributed by atoms with Crippen molar-refractivity contribution < 1.29 is 9.47 Å². The van der Waals surface area contributed by atoms with Crippen molar-refractivity contribution in [2.24, 2.45) is 17.8 Å². The molecule has 0 heterocycles. The molecule has 2 aliphatic rings. The van der Waals surface area contributed by atoms with Gasteiger partial charge in [0, 0.05) is 3.57 Å². The molecule has 0 unspecified atom stereocenters. The summed E-state index contributed by atoms with van der Waals surface area (Å²) in [6.07, 6.45) is 6.80. The summed E-state index contributed by atoms with van der Waals surface area (Å²) in [5, 5.41) is 0. The van der Waals surface area contributed by atoms with Gasteiger partial charge in [0.25, 0.3) is 0 Å². The smallest absolute Gasteiger partial charge is 0.120 e. The molecule has 2 aromatic rings. The highest BCUT2D eigenvalue weighted by atomic mass is 127. The fraction of sp³-hybridized carbons (Fsp3) is 0.538. The van der Waals surface area contributed by atoms with E-state index in [4.69, 9.17) is 9.47 Å². The second-order valence-electron chi connectivity index (χ2n) is 8.87. The normalized spacial score (nSPS) is 15.4. The largest absolute Gasteiger partial charge is 0.493 e. The van der Waals surface area contributed by atoms with E-state index >= 15 is 0 Å². The van der Waals surface area contributed by atoms with Crippen molar-refractivity contribution in [3.05, 3.63) is 57.7 Å². The number of benzene rings is 2. The Morgan fingerprint density at radius 1 is 0.828 bits per heavy atom. The molecule has 0 amide bonds. The summed E-state index contributed by atoms with van der Waals surface area (Å²) in [4.78, 5) is 0. The summed E-state index contributed by atoms with van der Waals surface area (Å²) in [6.45, 7) is 10.4. The van der Waals surface area contributed by atoms with Crippen molar-refractivity contribution in [1.82, 2.24) is 0 Å². The summed E-state index contributed by atoms with van der Waals surface area (Å²) in [5.41, 5.74) is 1.27. The van der Waals surface area contributed by atoms with E-state index in [2.05, 4.69) is 74.6 Å². The first-order chi connectivity index (χ1) is 13.9. The molecular formula is C26H37IO2. The molecule has 0 aliphatic heterocycles. The topological polar surface area (TPSA) is 18.5 Å². The first-order valence-corrected chi connectivity index (χ1v) is 12.1. The summed E-state index contributed by atoms with van der Waals surface area (Å²) < 4.78 is 12.5. The number of ether oxygens (including phenoxy) is 2. The fourth-order valence-corrected chi connectivity index (χ4v) is 3.15. The number of rotatable bonds is 6. The van der Waals surface area contributed by atoms with E-state index in [1.807, 2.05) is 24.3 Å². The van der Waals surface area contributed by atoms with Gasteiger partial charge in [-0.25, -0.2) is 0 Å². The summed E-state index contributed by atoms with van der Waals surface area (Å²) in [7, 11) is 0. The molecule has 0 bridgehead atoms. The Kier molecular flexibility index (Phi) is 10.9. The Morgan fingerprint density at radius 3 is 1.79 bits per heavy atom. The van der Waals surface area contributed by atoms with Crippen LogP contribution in [-0.4, -0.2) is 13.2 Å². The number of hydrogen-bond donors (Lipinski definition) is 0. The Bertz CT molecular complexity index is 703. The van der Waals surface area contributed by atoms with Gasteiger partial charge in [0.2, 0.25) is 0 Å². The van der Waals surface area contributed by atoms with Gasteiger partial charge in [0.15, 0.2) is 0 Å². The van der Waals surface area contributed by atoms with Crippen molar-refractivity contribution in [2.75, 3.05) is 13.2 Å². The summed E-state index contributed by atoms with van der Waals surface area (Å²) >= 11 is 2.30. The Hall–Kier alpha value is -1.23. The first kappa shape index (κ1) is 24.0. The van der Waals surface area contributed by atoms with Crippen LogP contribution in [0.15, 0.2) is 48.5 Å². The monoisotopic (exact) mass is 508 g/mol. The average molecular weight is 508 g/mol. The molecule has 2 aromatic carbocycles.